The number of nitrogens with zero attached hydrogens (tertiary/aromatic N) is 3. The fraction of sp³-hybridized carbons (Fsp3) is 0.357. The average Bonchev–Trinajstić information content (AvgIpc) is 3.58. The number of halogens is 1. The highest BCUT2D eigenvalue weighted by atomic mass is 19.1. The molecule has 37 heavy (non-hydrogen) atoms. The number of allylic oxidation sites excluding steroid dienone is 2. The van der Waals surface area contributed by atoms with Gasteiger partial charge in [0, 0.05) is 23.9 Å². The molecule has 0 radical (unpaired) electrons. The Morgan fingerprint density at radius 1 is 1.24 bits per heavy atom. The third kappa shape index (κ3) is 4.98. The fourth-order valence-electron chi connectivity index (χ4n) is 4.46. The van der Waals surface area contributed by atoms with Crippen molar-refractivity contribution in [2.45, 2.75) is 52.1 Å². The van der Waals surface area contributed by atoms with E-state index in [9.17, 15) is 14.0 Å². The van der Waals surface area contributed by atoms with Crippen LogP contribution < -0.4 is 5.32 Å². The number of methoxy groups -OCH3 is 1. The van der Waals surface area contributed by atoms with Crippen LogP contribution in [0.15, 0.2) is 42.5 Å². The molecule has 8 nitrogen and oxygen atoms in total. The largest absolute Gasteiger partial charge is 0.465 e. The van der Waals surface area contributed by atoms with Crippen LogP contribution in [0.2, 0.25) is 0 Å². The van der Waals surface area contributed by atoms with Crippen LogP contribution in [-0.2, 0) is 16.1 Å². The molecule has 1 aromatic carbocycles. The minimum Gasteiger partial charge on any atom is -0.465 e. The number of pyridine rings is 1. The summed E-state index contributed by atoms with van der Waals surface area (Å²) in [6.07, 6.45) is 7.91. The summed E-state index contributed by atoms with van der Waals surface area (Å²) in [4.78, 5) is 37.0. The van der Waals surface area contributed by atoms with Crippen molar-refractivity contribution < 1.29 is 18.7 Å². The zero-order valence-electron chi connectivity index (χ0n) is 21.2. The zero-order valence-corrected chi connectivity index (χ0v) is 21.2. The summed E-state index contributed by atoms with van der Waals surface area (Å²) in [6, 6.07) is 8.37. The van der Waals surface area contributed by atoms with Crippen LogP contribution in [0.25, 0.3) is 33.6 Å². The number of aromatic nitrogens is 4. The third-order valence-electron chi connectivity index (χ3n) is 6.66. The second-order valence-electron chi connectivity index (χ2n) is 9.43. The molecule has 9 heteroatoms. The zero-order chi connectivity index (χ0) is 26.1. The Hall–Kier alpha value is -4.01. The average molecular weight is 504 g/mol. The van der Waals surface area contributed by atoms with Crippen LogP contribution in [0.5, 0.6) is 0 Å². The monoisotopic (exact) mass is 503 g/mol. The van der Waals surface area contributed by atoms with E-state index >= 15 is 0 Å². The quantitative estimate of drug-likeness (QED) is 0.234. The molecule has 1 atom stereocenters. The lowest BCUT2D eigenvalue weighted by Crippen LogP contribution is -2.28. The van der Waals surface area contributed by atoms with Crippen LogP contribution in [0.1, 0.15) is 61.6 Å². The number of esters is 1. The lowest BCUT2D eigenvalue weighted by atomic mass is 10.2. The van der Waals surface area contributed by atoms with E-state index in [4.69, 9.17) is 4.98 Å². The molecule has 0 aliphatic heterocycles. The molecule has 0 saturated heterocycles. The first-order valence-electron chi connectivity index (χ1n) is 12.6. The number of benzene rings is 1. The van der Waals surface area contributed by atoms with Gasteiger partial charge in [-0.2, -0.15) is 0 Å². The fourth-order valence-corrected chi connectivity index (χ4v) is 4.46. The molecular formula is C28H30FN5O3. The number of aromatic amines is 1. The number of hydrogen-bond donors (Lipinski definition) is 2. The summed E-state index contributed by atoms with van der Waals surface area (Å²) in [5, 5.41) is 4.00. The van der Waals surface area contributed by atoms with Crippen LogP contribution in [-0.4, -0.2) is 38.5 Å². The van der Waals surface area contributed by atoms with Crippen molar-refractivity contribution in [2.24, 2.45) is 5.92 Å². The molecule has 0 bridgehead atoms. The van der Waals surface area contributed by atoms with E-state index < -0.39 is 11.8 Å². The third-order valence-corrected chi connectivity index (χ3v) is 6.66. The Morgan fingerprint density at radius 3 is 2.78 bits per heavy atom. The van der Waals surface area contributed by atoms with E-state index in [0.29, 0.717) is 23.4 Å². The molecule has 3 heterocycles. The van der Waals surface area contributed by atoms with Gasteiger partial charge in [-0.3, -0.25) is 4.79 Å². The highest BCUT2D eigenvalue weighted by molar-refractivity contribution is 5.95. The second-order valence-corrected chi connectivity index (χ2v) is 9.43. The molecule has 2 N–H and O–H groups in total. The molecule has 5 rings (SSSR count). The van der Waals surface area contributed by atoms with Gasteiger partial charge in [0.15, 0.2) is 5.82 Å². The molecule has 0 spiro atoms. The minimum absolute atomic E-state index is 0.0796. The summed E-state index contributed by atoms with van der Waals surface area (Å²) in [5.74, 6) is -0.667. The molecule has 3 aromatic heterocycles. The van der Waals surface area contributed by atoms with Gasteiger partial charge in [0.05, 0.1) is 41.1 Å². The number of H-pyrrole nitrogens is 1. The van der Waals surface area contributed by atoms with Crippen molar-refractivity contribution in [2.75, 3.05) is 7.11 Å². The molecule has 1 amide bonds. The van der Waals surface area contributed by atoms with Crippen molar-refractivity contribution in [3.05, 3.63) is 59.6 Å². The number of nitrogens with one attached hydrogen (secondary N) is 2. The predicted octanol–water partition coefficient (Wildman–Crippen LogP) is 5.45. The molecule has 1 aliphatic rings. The van der Waals surface area contributed by atoms with Crippen molar-refractivity contribution >= 4 is 33.9 Å². The van der Waals surface area contributed by atoms with Gasteiger partial charge < -0.3 is 19.6 Å². The molecule has 192 valence electrons. The predicted molar refractivity (Wildman–Crippen MR) is 139 cm³/mol. The summed E-state index contributed by atoms with van der Waals surface area (Å²) in [5.41, 5.74) is 3.15. The van der Waals surface area contributed by atoms with Gasteiger partial charge in [-0.1, -0.05) is 19.1 Å². The van der Waals surface area contributed by atoms with Crippen LogP contribution in [0, 0.1) is 11.7 Å². The Bertz CT molecular complexity index is 1520. The Morgan fingerprint density at radius 2 is 2.05 bits per heavy atom. The molecule has 0 unspecified atom stereocenters. The highest BCUT2D eigenvalue weighted by Gasteiger charge is 2.30. The summed E-state index contributed by atoms with van der Waals surface area (Å²) in [7, 11) is 1.22. The minimum atomic E-state index is -0.750. The van der Waals surface area contributed by atoms with E-state index in [2.05, 4.69) is 43.7 Å². The molecule has 1 fully saturated rings. The lowest BCUT2D eigenvalue weighted by molar-refractivity contribution is -0.122. The van der Waals surface area contributed by atoms with Gasteiger partial charge in [0.1, 0.15) is 11.5 Å². The second kappa shape index (κ2) is 10.2. The summed E-state index contributed by atoms with van der Waals surface area (Å²) < 4.78 is 21.3. The summed E-state index contributed by atoms with van der Waals surface area (Å²) in [6.45, 7) is 4.70. The Kier molecular flexibility index (Phi) is 6.78. The number of amides is 1. The maximum atomic E-state index is 14.5. The smallest absolute Gasteiger partial charge is 0.340 e. The van der Waals surface area contributed by atoms with Gasteiger partial charge in [-0.05, 0) is 56.9 Å². The van der Waals surface area contributed by atoms with Crippen LogP contribution >= 0.6 is 0 Å². The van der Waals surface area contributed by atoms with Crippen molar-refractivity contribution in [1.82, 2.24) is 24.8 Å². The first-order valence-corrected chi connectivity index (χ1v) is 12.6. The van der Waals surface area contributed by atoms with E-state index in [1.165, 1.54) is 19.2 Å². The van der Waals surface area contributed by atoms with Crippen molar-refractivity contribution in [3.63, 3.8) is 0 Å². The molecule has 1 aliphatic carbocycles. The topological polar surface area (TPSA) is 102 Å². The number of fused-ring (bicyclic) bond motifs is 2. The SMILES string of the molecule is CC/C=C\CCn1c(-c2nc3cc(C(=O)OC)c(F)cc3[nH]2)cc2ccc([C@@H](C)NC(=O)C3CC3)nc21. The van der Waals surface area contributed by atoms with E-state index in [-0.39, 0.29) is 23.4 Å². The van der Waals surface area contributed by atoms with E-state index in [0.717, 1.165) is 48.1 Å². The number of carbonyl (C=O) groups is 2. The normalized spacial score (nSPS) is 14.5. The Labute approximate surface area is 213 Å². The van der Waals surface area contributed by atoms with Gasteiger partial charge in [-0.15, -0.1) is 0 Å². The van der Waals surface area contributed by atoms with Gasteiger partial charge >= 0.3 is 5.97 Å². The number of hydrogen-bond acceptors (Lipinski definition) is 5. The lowest BCUT2D eigenvalue weighted by Gasteiger charge is -2.14. The maximum absolute atomic E-state index is 14.5. The maximum Gasteiger partial charge on any atom is 0.340 e. The highest BCUT2D eigenvalue weighted by Crippen LogP contribution is 2.31. The first-order chi connectivity index (χ1) is 17.9. The number of rotatable bonds is 9. The van der Waals surface area contributed by atoms with E-state index in [1.807, 2.05) is 25.1 Å². The van der Waals surface area contributed by atoms with Gasteiger partial charge in [0.25, 0.3) is 0 Å². The standard InChI is InChI=1S/C28H30FN5O3/c1-4-5-6-7-12-34-24(25-31-22-14-19(28(36)37-3)20(29)15-23(22)32-25)13-18-10-11-21(33-26(18)34)16(2)30-27(35)17-8-9-17/h5-6,10-11,13-17H,4,7-9,12H2,1-3H3,(H,30,35)(H,31,32)/b6-5-/t16-/m1/s1. The van der Waals surface area contributed by atoms with Gasteiger partial charge in [-0.25, -0.2) is 19.2 Å². The number of carbonyl (C=O) groups excluding carboxylic acids is 2. The number of aryl methyl sites for hydroxylation is 1. The first kappa shape index (κ1) is 24.7. The Balaban J connectivity index is 1.56. The van der Waals surface area contributed by atoms with Crippen molar-refractivity contribution in [1.29, 1.82) is 0 Å². The van der Waals surface area contributed by atoms with Crippen molar-refractivity contribution in [3.8, 4) is 11.5 Å². The van der Waals surface area contributed by atoms with Crippen LogP contribution in [0.4, 0.5) is 4.39 Å². The van der Waals surface area contributed by atoms with E-state index in [1.54, 1.807) is 0 Å². The molecular weight excluding hydrogens is 473 g/mol. The van der Waals surface area contributed by atoms with Crippen LogP contribution in [0.3, 0.4) is 0 Å². The molecule has 4 aromatic rings. The number of ether oxygens (including phenoxy) is 1. The summed E-state index contributed by atoms with van der Waals surface area (Å²) >= 11 is 0. The number of imidazole rings is 1. The van der Waals surface area contributed by atoms with Gasteiger partial charge in [0.2, 0.25) is 5.91 Å². The molecule has 1 saturated carbocycles.